The number of amides is 1. The van der Waals surface area contributed by atoms with Crippen LogP contribution in [0.4, 0.5) is 0 Å². The molecule has 1 aliphatic heterocycles. The molecular formula is C22H31IN4O2. The van der Waals surface area contributed by atoms with Gasteiger partial charge in [-0.25, -0.2) is 0 Å². The van der Waals surface area contributed by atoms with Crippen LogP contribution < -0.4 is 15.4 Å². The van der Waals surface area contributed by atoms with Gasteiger partial charge in [-0.05, 0) is 48.6 Å². The summed E-state index contributed by atoms with van der Waals surface area (Å²) in [5, 5.41) is 8.73. The second kappa shape index (κ2) is 12.5. The lowest BCUT2D eigenvalue weighted by Gasteiger charge is -2.27. The number of nitrogens with zero attached hydrogens (tertiary/aromatic N) is 2. The van der Waals surface area contributed by atoms with Crippen LogP contribution in [0.2, 0.25) is 0 Å². The van der Waals surface area contributed by atoms with E-state index >= 15 is 0 Å². The molecule has 2 aromatic rings. The van der Waals surface area contributed by atoms with Gasteiger partial charge in [0.25, 0.3) is 0 Å². The highest BCUT2D eigenvalue weighted by molar-refractivity contribution is 14.0. The third kappa shape index (κ3) is 7.38. The average molecular weight is 510 g/mol. The molecule has 0 aromatic heterocycles. The number of halogens is 1. The summed E-state index contributed by atoms with van der Waals surface area (Å²) in [6, 6.07) is 14.4. The number of nitrogens with one attached hydrogen (secondary N) is 2. The monoisotopic (exact) mass is 510 g/mol. The summed E-state index contributed by atoms with van der Waals surface area (Å²) >= 11 is 0. The van der Waals surface area contributed by atoms with Crippen molar-refractivity contribution >= 4 is 46.6 Å². The zero-order valence-electron chi connectivity index (χ0n) is 17.0. The Hall–Kier alpha value is -2.03. The SMILES string of the molecule is CN=C(NCCCOc1ccc2ccccc2c1)NCC(=O)N1CCCCC1.I. The molecule has 1 fully saturated rings. The highest BCUT2D eigenvalue weighted by Gasteiger charge is 2.16. The molecule has 2 N–H and O–H groups in total. The maximum atomic E-state index is 12.2. The fourth-order valence-electron chi connectivity index (χ4n) is 3.36. The van der Waals surface area contributed by atoms with Crippen LogP contribution in [0.3, 0.4) is 0 Å². The first-order valence-corrected chi connectivity index (χ1v) is 10.1. The normalized spacial score (nSPS) is 14.2. The van der Waals surface area contributed by atoms with E-state index in [0.29, 0.717) is 12.6 Å². The highest BCUT2D eigenvalue weighted by Crippen LogP contribution is 2.20. The van der Waals surface area contributed by atoms with Crippen molar-refractivity contribution in [1.82, 2.24) is 15.5 Å². The second-order valence-corrected chi connectivity index (χ2v) is 7.00. The number of benzene rings is 2. The number of hydrogen-bond acceptors (Lipinski definition) is 3. The highest BCUT2D eigenvalue weighted by atomic mass is 127. The summed E-state index contributed by atoms with van der Waals surface area (Å²) < 4.78 is 5.85. The van der Waals surface area contributed by atoms with Crippen LogP contribution in [-0.2, 0) is 4.79 Å². The van der Waals surface area contributed by atoms with E-state index in [0.717, 1.165) is 44.6 Å². The number of piperidine rings is 1. The smallest absolute Gasteiger partial charge is 0.241 e. The van der Waals surface area contributed by atoms with Crippen LogP contribution in [0.25, 0.3) is 10.8 Å². The van der Waals surface area contributed by atoms with Gasteiger partial charge >= 0.3 is 0 Å². The Morgan fingerprint density at radius 1 is 1.07 bits per heavy atom. The Balaban J connectivity index is 0.00000300. The molecule has 0 bridgehead atoms. The molecule has 1 amide bonds. The van der Waals surface area contributed by atoms with Crippen LogP contribution in [0.5, 0.6) is 5.75 Å². The van der Waals surface area contributed by atoms with Crippen LogP contribution in [-0.4, -0.2) is 56.6 Å². The topological polar surface area (TPSA) is 66.0 Å². The van der Waals surface area contributed by atoms with Gasteiger partial charge in [0.2, 0.25) is 5.91 Å². The average Bonchev–Trinajstić information content (AvgIpc) is 2.76. The lowest BCUT2D eigenvalue weighted by Crippen LogP contribution is -2.46. The molecule has 0 unspecified atom stereocenters. The first kappa shape index (κ1) is 23.3. The molecule has 0 aliphatic carbocycles. The van der Waals surface area contributed by atoms with E-state index in [1.165, 1.54) is 17.2 Å². The minimum absolute atomic E-state index is 0. The van der Waals surface area contributed by atoms with Crippen molar-refractivity contribution in [3.63, 3.8) is 0 Å². The number of guanidine groups is 1. The Morgan fingerprint density at radius 2 is 1.83 bits per heavy atom. The molecule has 6 nitrogen and oxygen atoms in total. The minimum Gasteiger partial charge on any atom is -0.494 e. The molecule has 3 rings (SSSR count). The molecule has 158 valence electrons. The van der Waals surface area contributed by atoms with Crippen molar-refractivity contribution in [2.45, 2.75) is 25.7 Å². The van der Waals surface area contributed by atoms with Gasteiger partial charge < -0.3 is 20.3 Å². The van der Waals surface area contributed by atoms with Gasteiger partial charge in [-0.3, -0.25) is 9.79 Å². The zero-order chi connectivity index (χ0) is 19.6. The lowest BCUT2D eigenvalue weighted by molar-refractivity contribution is -0.130. The summed E-state index contributed by atoms with van der Waals surface area (Å²) in [6.07, 6.45) is 4.28. The fourth-order valence-corrected chi connectivity index (χ4v) is 3.36. The molecule has 0 spiro atoms. The van der Waals surface area contributed by atoms with E-state index < -0.39 is 0 Å². The lowest BCUT2D eigenvalue weighted by atomic mass is 10.1. The molecule has 0 saturated carbocycles. The molecular weight excluding hydrogens is 479 g/mol. The largest absolute Gasteiger partial charge is 0.494 e. The van der Waals surface area contributed by atoms with Crippen molar-refractivity contribution in [3.05, 3.63) is 42.5 Å². The predicted molar refractivity (Wildman–Crippen MR) is 129 cm³/mol. The number of aliphatic imine (C=N–C) groups is 1. The van der Waals surface area contributed by atoms with Gasteiger partial charge in [0, 0.05) is 26.7 Å². The first-order chi connectivity index (χ1) is 13.8. The van der Waals surface area contributed by atoms with E-state index in [-0.39, 0.29) is 36.4 Å². The number of fused-ring (bicyclic) bond motifs is 1. The summed E-state index contributed by atoms with van der Waals surface area (Å²) in [5.41, 5.74) is 0. The Kier molecular flexibility index (Phi) is 10.0. The quantitative estimate of drug-likeness (QED) is 0.260. The summed E-state index contributed by atoms with van der Waals surface area (Å²) in [4.78, 5) is 18.3. The van der Waals surface area contributed by atoms with E-state index in [2.05, 4.69) is 39.9 Å². The van der Waals surface area contributed by atoms with Crippen molar-refractivity contribution in [1.29, 1.82) is 0 Å². The Bertz CT molecular complexity index is 806. The zero-order valence-corrected chi connectivity index (χ0v) is 19.4. The van der Waals surface area contributed by atoms with Crippen LogP contribution in [0.15, 0.2) is 47.5 Å². The van der Waals surface area contributed by atoms with Crippen LogP contribution in [0.1, 0.15) is 25.7 Å². The number of carbonyl (C=O) groups is 1. The van der Waals surface area contributed by atoms with Gasteiger partial charge in [0.05, 0.1) is 13.2 Å². The van der Waals surface area contributed by atoms with Gasteiger partial charge in [-0.15, -0.1) is 24.0 Å². The molecule has 0 radical (unpaired) electrons. The summed E-state index contributed by atoms with van der Waals surface area (Å²) in [5.74, 6) is 1.67. The van der Waals surface area contributed by atoms with Crippen molar-refractivity contribution in [2.75, 3.05) is 39.8 Å². The second-order valence-electron chi connectivity index (χ2n) is 7.00. The number of ether oxygens (including phenoxy) is 1. The minimum atomic E-state index is 0. The molecule has 1 aliphatic rings. The van der Waals surface area contributed by atoms with E-state index in [1.807, 2.05) is 23.1 Å². The number of carbonyl (C=O) groups excluding carboxylic acids is 1. The van der Waals surface area contributed by atoms with Crippen molar-refractivity contribution in [2.24, 2.45) is 4.99 Å². The summed E-state index contributed by atoms with van der Waals surface area (Å²) in [7, 11) is 1.71. The number of hydrogen-bond donors (Lipinski definition) is 2. The predicted octanol–water partition coefficient (Wildman–Crippen LogP) is 3.40. The van der Waals surface area contributed by atoms with Gasteiger partial charge in [0.1, 0.15) is 5.75 Å². The Labute approximate surface area is 190 Å². The molecule has 2 aromatic carbocycles. The van der Waals surface area contributed by atoms with Gasteiger partial charge in [-0.1, -0.05) is 30.3 Å². The van der Waals surface area contributed by atoms with Crippen molar-refractivity contribution < 1.29 is 9.53 Å². The number of rotatable bonds is 7. The van der Waals surface area contributed by atoms with Gasteiger partial charge in [-0.2, -0.15) is 0 Å². The Morgan fingerprint density at radius 3 is 2.59 bits per heavy atom. The molecule has 7 heteroatoms. The van der Waals surface area contributed by atoms with Crippen LogP contribution in [0, 0.1) is 0 Å². The standard InChI is InChI=1S/C22H30N4O2.HI/c1-23-22(25-17-21(27)26-13-5-2-6-14-26)24-12-7-15-28-20-11-10-18-8-3-4-9-19(18)16-20;/h3-4,8-11,16H,2,5-7,12-15,17H2,1H3,(H2,23,24,25);1H. The first-order valence-electron chi connectivity index (χ1n) is 10.1. The fraction of sp³-hybridized carbons (Fsp3) is 0.455. The van der Waals surface area contributed by atoms with Crippen LogP contribution >= 0.6 is 24.0 Å². The molecule has 1 saturated heterocycles. The van der Waals surface area contributed by atoms with E-state index in [9.17, 15) is 4.79 Å². The summed E-state index contributed by atoms with van der Waals surface area (Å²) in [6.45, 7) is 3.38. The number of likely N-dealkylation sites (tertiary alicyclic amines) is 1. The molecule has 1 heterocycles. The van der Waals surface area contributed by atoms with E-state index in [4.69, 9.17) is 4.74 Å². The third-order valence-corrected chi connectivity index (χ3v) is 4.94. The maximum Gasteiger partial charge on any atom is 0.241 e. The molecule has 29 heavy (non-hydrogen) atoms. The third-order valence-electron chi connectivity index (χ3n) is 4.94. The maximum absolute atomic E-state index is 12.2. The van der Waals surface area contributed by atoms with Gasteiger partial charge in [0.15, 0.2) is 5.96 Å². The van der Waals surface area contributed by atoms with E-state index in [1.54, 1.807) is 7.05 Å². The molecule has 0 atom stereocenters. The van der Waals surface area contributed by atoms with Crippen molar-refractivity contribution in [3.8, 4) is 5.75 Å².